The first-order valence-electron chi connectivity index (χ1n) is 9.62. The molecule has 0 saturated carbocycles. The Labute approximate surface area is 176 Å². The van der Waals surface area contributed by atoms with Crippen LogP contribution in [0.25, 0.3) is 10.9 Å². The fraction of sp³-hybridized carbons (Fsp3) is 0.182. The number of carboxylic acids is 1. The lowest BCUT2D eigenvalue weighted by molar-refractivity contribution is -0.141. The molecule has 4 rings (SSSR count). The van der Waals surface area contributed by atoms with Crippen molar-refractivity contribution in [1.29, 1.82) is 0 Å². The van der Waals surface area contributed by atoms with E-state index >= 15 is 0 Å². The first-order chi connectivity index (χ1) is 14.9. The van der Waals surface area contributed by atoms with Gasteiger partial charge in [-0.3, -0.25) is 24.5 Å². The third-order valence-corrected chi connectivity index (χ3v) is 5.43. The summed E-state index contributed by atoms with van der Waals surface area (Å²) < 4.78 is 0. The lowest BCUT2D eigenvalue weighted by Gasteiger charge is -2.22. The average Bonchev–Trinajstić information content (AvgIpc) is 3.28. The molecule has 1 atom stereocenters. The summed E-state index contributed by atoms with van der Waals surface area (Å²) in [5.74, 6) is -3.03. The number of rotatable bonds is 7. The minimum atomic E-state index is -1.37. The Balaban J connectivity index is 1.63. The van der Waals surface area contributed by atoms with Crippen LogP contribution in [-0.2, 0) is 22.4 Å². The highest BCUT2D eigenvalue weighted by Gasteiger charge is 2.42. The largest absolute Gasteiger partial charge is 0.480 e. The van der Waals surface area contributed by atoms with Crippen LogP contribution >= 0.6 is 0 Å². The van der Waals surface area contributed by atoms with E-state index in [1.165, 1.54) is 12.1 Å². The highest BCUT2D eigenvalue weighted by atomic mass is 16.5. The molecule has 9 nitrogen and oxygen atoms in total. The molecule has 4 N–H and O–H groups in total. The maximum atomic E-state index is 12.8. The molecule has 0 aliphatic carbocycles. The van der Waals surface area contributed by atoms with Gasteiger partial charge >= 0.3 is 5.97 Å². The van der Waals surface area contributed by atoms with Crippen LogP contribution < -0.4 is 5.48 Å². The van der Waals surface area contributed by atoms with Crippen molar-refractivity contribution in [3.8, 4) is 0 Å². The highest BCUT2D eigenvalue weighted by Crippen LogP contribution is 2.28. The SMILES string of the molecule is O=C(CCc1ccc2[nH]cc(C[C@@H](C(=O)O)N3C(=O)c4ccccc4C3=O)c2c1)NO. The van der Waals surface area contributed by atoms with Crippen molar-refractivity contribution in [2.75, 3.05) is 0 Å². The Morgan fingerprint density at radius 1 is 1.06 bits per heavy atom. The third-order valence-electron chi connectivity index (χ3n) is 5.43. The van der Waals surface area contributed by atoms with Crippen LogP contribution in [0.3, 0.4) is 0 Å². The Hall–Kier alpha value is -3.98. The van der Waals surface area contributed by atoms with Gasteiger partial charge in [0.1, 0.15) is 6.04 Å². The van der Waals surface area contributed by atoms with Crippen molar-refractivity contribution < 1.29 is 29.5 Å². The van der Waals surface area contributed by atoms with E-state index in [0.29, 0.717) is 12.0 Å². The fourth-order valence-electron chi connectivity index (χ4n) is 3.85. The van der Waals surface area contributed by atoms with Gasteiger partial charge < -0.3 is 10.1 Å². The van der Waals surface area contributed by atoms with Crippen molar-refractivity contribution in [2.45, 2.75) is 25.3 Å². The van der Waals surface area contributed by atoms with Crippen molar-refractivity contribution in [2.24, 2.45) is 0 Å². The number of hydroxylamine groups is 1. The number of carboxylic acid groups (broad SMARTS) is 1. The van der Waals surface area contributed by atoms with Crippen LogP contribution in [0.1, 0.15) is 38.3 Å². The monoisotopic (exact) mass is 421 g/mol. The molecule has 0 unspecified atom stereocenters. The predicted molar refractivity (Wildman–Crippen MR) is 109 cm³/mol. The molecular weight excluding hydrogens is 402 g/mol. The minimum Gasteiger partial charge on any atom is -0.480 e. The topological polar surface area (TPSA) is 140 Å². The smallest absolute Gasteiger partial charge is 0.327 e. The molecule has 0 fully saturated rings. The van der Waals surface area contributed by atoms with Gasteiger partial charge in [-0.05, 0) is 41.8 Å². The van der Waals surface area contributed by atoms with E-state index in [4.69, 9.17) is 5.21 Å². The number of nitrogens with zero attached hydrogens (tertiary/aromatic N) is 1. The second-order valence-corrected chi connectivity index (χ2v) is 7.31. The number of fused-ring (bicyclic) bond motifs is 2. The molecule has 0 saturated heterocycles. The van der Waals surface area contributed by atoms with E-state index in [1.807, 2.05) is 18.2 Å². The second kappa shape index (κ2) is 8.04. The van der Waals surface area contributed by atoms with E-state index < -0.39 is 29.7 Å². The summed E-state index contributed by atoms with van der Waals surface area (Å²) >= 11 is 0. The molecule has 2 aromatic carbocycles. The number of aryl methyl sites for hydroxylation is 1. The van der Waals surface area contributed by atoms with Crippen molar-refractivity contribution in [3.63, 3.8) is 0 Å². The molecule has 31 heavy (non-hydrogen) atoms. The quantitative estimate of drug-likeness (QED) is 0.261. The molecule has 1 aliphatic rings. The number of nitrogens with one attached hydrogen (secondary N) is 2. The summed E-state index contributed by atoms with van der Waals surface area (Å²) in [5.41, 5.74) is 4.19. The first kappa shape index (κ1) is 20.3. The molecule has 1 aliphatic heterocycles. The predicted octanol–water partition coefficient (Wildman–Crippen LogP) is 1.90. The molecular formula is C22H19N3O6. The average molecular weight is 421 g/mol. The number of carbonyl (C=O) groups excluding carboxylic acids is 3. The van der Waals surface area contributed by atoms with Gasteiger partial charge in [0, 0.05) is 29.9 Å². The van der Waals surface area contributed by atoms with Gasteiger partial charge in [-0.2, -0.15) is 0 Å². The third kappa shape index (κ3) is 3.66. The standard InChI is InChI=1S/C22H19N3O6/c26-19(24-31)8-6-12-5-7-17-16(9-12)13(11-23-17)10-18(22(29)30)25-20(27)14-3-1-2-4-15(14)21(25)28/h1-5,7,9,11,18,23,31H,6,8,10H2,(H,24,26)(H,29,30)/t18-/m0/s1. The van der Waals surface area contributed by atoms with Gasteiger partial charge in [0.25, 0.3) is 11.8 Å². The summed E-state index contributed by atoms with van der Waals surface area (Å²) in [7, 11) is 0. The maximum absolute atomic E-state index is 12.8. The molecule has 158 valence electrons. The summed E-state index contributed by atoms with van der Waals surface area (Å²) in [5, 5.41) is 19.2. The molecule has 0 spiro atoms. The molecule has 1 aromatic heterocycles. The fourth-order valence-corrected chi connectivity index (χ4v) is 3.85. The van der Waals surface area contributed by atoms with Gasteiger partial charge in [0.05, 0.1) is 11.1 Å². The number of benzene rings is 2. The zero-order valence-corrected chi connectivity index (χ0v) is 16.3. The molecule has 9 heteroatoms. The summed E-state index contributed by atoms with van der Waals surface area (Å²) in [4.78, 5) is 52.7. The number of H-pyrrole nitrogens is 1. The Bertz CT molecular complexity index is 1180. The summed E-state index contributed by atoms with van der Waals surface area (Å²) in [6, 6.07) is 10.4. The number of carbonyl (C=O) groups is 4. The van der Waals surface area contributed by atoms with Crippen molar-refractivity contribution >= 4 is 34.6 Å². The number of aromatic nitrogens is 1. The minimum absolute atomic E-state index is 0.0681. The van der Waals surface area contributed by atoms with Crippen LogP contribution in [0.15, 0.2) is 48.7 Å². The van der Waals surface area contributed by atoms with Crippen LogP contribution in [0.2, 0.25) is 0 Å². The van der Waals surface area contributed by atoms with Gasteiger partial charge in [-0.15, -0.1) is 0 Å². The van der Waals surface area contributed by atoms with Gasteiger partial charge in [0.2, 0.25) is 5.91 Å². The Morgan fingerprint density at radius 3 is 2.35 bits per heavy atom. The van der Waals surface area contributed by atoms with E-state index in [-0.39, 0.29) is 24.0 Å². The molecule has 3 amide bonds. The number of amides is 3. The lowest BCUT2D eigenvalue weighted by atomic mass is 10.0. The van der Waals surface area contributed by atoms with Gasteiger partial charge in [-0.25, -0.2) is 10.3 Å². The maximum Gasteiger partial charge on any atom is 0.327 e. The van der Waals surface area contributed by atoms with Gasteiger partial charge in [0.15, 0.2) is 0 Å². The van der Waals surface area contributed by atoms with E-state index in [2.05, 4.69) is 4.98 Å². The van der Waals surface area contributed by atoms with Crippen LogP contribution in [0, 0.1) is 0 Å². The molecule has 0 bridgehead atoms. The van der Waals surface area contributed by atoms with Crippen molar-refractivity contribution in [3.05, 3.63) is 70.9 Å². The Kier molecular flexibility index (Phi) is 5.26. The van der Waals surface area contributed by atoms with E-state index in [9.17, 15) is 24.3 Å². The number of imide groups is 1. The first-order valence-corrected chi connectivity index (χ1v) is 9.62. The second-order valence-electron chi connectivity index (χ2n) is 7.31. The van der Waals surface area contributed by atoms with Crippen LogP contribution in [-0.4, -0.2) is 49.9 Å². The zero-order valence-electron chi connectivity index (χ0n) is 16.3. The van der Waals surface area contributed by atoms with Crippen molar-refractivity contribution in [1.82, 2.24) is 15.4 Å². The zero-order chi connectivity index (χ0) is 22.1. The lowest BCUT2D eigenvalue weighted by Crippen LogP contribution is -2.46. The molecule has 0 radical (unpaired) electrons. The van der Waals surface area contributed by atoms with Gasteiger partial charge in [-0.1, -0.05) is 18.2 Å². The van der Waals surface area contributed by atoms with E-state index in [0.717, 1.165) is 21.4 Å². The normalized spacial score (nSPS) is 14.0. The number of aliphatic carboxylic acids is 1. The summed E-state index contributed by atoms with van der Waals surface area (Å²) in [6.45, 7) is 0. The summed E-state index contributed by atoms with van der Waals surface area (Å²) in [6.07, 6.45) is 2.06. The molecule has 3 aromatic rings. The van der Waals surface area contributed by atoms with Crippen LogP contribution in [0.4, 0.5) is 0 Å². The number of aromatic amines is 1. The van der Waals surface area contributed by atoms with E-state index in [1.54, 1.807) is 23.8 Å². The molecule has 2 heterocycles. The highest BCUT2D eigenvalue weighted by molar-refractivity contribution is 6.22. The Morgan fingerprint density at radius 2 is 1.74 bits per heavy atom. The number of hydrogen-bond acceptors (Lipinski definition) is 5. The number of hydrogen-bond donors (Lipinski definition) is 4. The van der Waals surface area contributed by atoms with Crippen LogP contribution in [0.5, 0.6) is 0 Å².